The Balaban J connectivity index is 1.57. The summed E-state index contributed by atoms with van der Waals surface area (Å²) in [5.41, 5.74) is 2.76. The molecule has 2 aliphatic heterocycles. The predicted molar refractivity (Wildman–Crippen MR) is 73.9 cm³/mol. The summed E-state index contributed by atoms with van der Waals surface area (Å²) in [6.07, 6.45) is 9.20. The summed E-state index contributed by atoms with van der Waals surface area (Å²) >= 11 is 0. The monoisotopic (exact) mass is 254 g/mol. The predicted octanol–water partition coefficient (Wildman–Crippen LogP) is 1.96. The largest absolute Gasteiger partial charge is 0.353 e. The van der Waals surface area contributed by atoms with Crippen LogP contribution in [-0.4, -0.2) is 25.1 Å². The fourth-order valence-corrected chi connectivity index (χ4v) is 3.07. The maximum atomic E-state index is 2.43. The Bertz CT molecular complexity index is 622. The Morgan fingerprint density at radius 1 is 1.16 bits per heavy atom. The van der Waals surface area contributed by atoms with Gasteiger partial charge in [-0.1, -0.05) is 0 Å². The summed E-state index contributed by atoms with van der Waals surface area (Å²) in [6.45, 7) is 3.02. The molecule has 0 aromatic carbocycles. The molecule has 4 nitrogen and oxygen atoms in total. The molecule has 19 heavy (non-hydrogen) atoms. The van der Waals surface area contributed by atoms with Crippen molar-refractivity contribution in [1.82, 2.24) is 18.9 Å². The van der Waals surface area contributed by atoms with E-state index in [1.165, 1.54) is 11.4 Å². The molecular formula is C15H18N4. The van der Waals surface area contributed by atoms with Gasteiger partial charge in [0.05, 0.1) is 19.6 Å². The van der Waals surface area contributed by atoms with E-state index in [9.17, 15) is 0 Å². The molecule has 4 rings (SSSR count). The molecule has 1 atom stereocenters. The maximum absolute atomic E-state index is 2.43. The molecule has 0 N–H and O–H groups in total. The molecule has 0 radical (unpaired) electrons. The lowest BCUT2D eigenvalue weighted by molar-refractivity contribution is 0.0990. The summed E-state index contributed by atoms with van der Waals surface area (Å²) in [5.74, 6) is 0. The Hall–Kier alpha value is -2.10. The van der Waals surface area contributed by atoms with Gasteiger partial charge in [-0.3, -0.25) is 0 Å². The first-order chi connectivity index (χ1) is 9.31. The van der Waals surface area contributed by atoms with Crippen molar-refractivity contribution in [1.29, 1.82) is 0 Å². The second kappa shape index (κ2) is 3.95. The van der Waals surface area contributed by atoms with Crippen molar-refractivity contribution in [2.45, 2.75) is 25.8 Å². The zero-order valence-electron chi connectivity index (χ0n) is 11.1. The first-order valence-electron chi connectivity index (χ1n) is 6.75. The van der Waals surface area contributed by atoms with E-state index < -0.39 is 0 Å². The molecule has 2 aliphatic rings. The fourth-order valence-electron chi connectivity index (χ4n) is 3.07. The Morgan fingerprint density at radius 2 is 2.05 bits per heavy atom. The van der Waals surface area contributed by atoms with Crippen LogP contribution in [0.5, 0.6) is 0 Å². The van der Waals surface area contributed by atoms with Crippen LogP contribution in [0.4, 0.5) is 0 Å². The molecule has 0 saturated carbocycles. The zero-order chi connectivity index (χ0) is 12.8. The smallest absolute Gasteiger partial charge is 0.120 e. The molecule has 0 amide bonds. The van der Waals surface area contributed by atoms with Gasteiger partial charge in [0.15, 0.2) is 0 Å². The number of hydrogen-bond donors (Lipinski definition) is 0. The number of rotatable bonds is 2. The van der Waals surface area contributed by atoms with Gasteiger partial charge in [0, 0.05) is 43.2 Å². The quantitative estimate of drug-likeness (QED) is 0.814. The van der Waals surface area contributed by atoms with E-state index in [4.69, 9.17) is 0 Å². The highest BCUT2D eigenvalue weighted by Gasteiger charge is 2.31. The van der Waals surface area contributed by atoms with Gasteiger partial charge in [0.25, 0.3) is 0 Å². The van der Waals surface area contributed by atoms with Gasteiger partial charge in [-0.05, 0) is 24.3 Å². The standard InChI is InChI=1S/C15H18N4/c1-16-6-2-4-13(16)10-18-8-9-19-11-14-5-3-7-17(14)12-15(18)19/h2-9,15H,10-12H2,1H3. The van der Waals surface area contributed by atoms with Crippen molar-refractivity contribution in [3.8, 4) is 0 Å². The van der Waals surface area contributed by atoms with Crippen LogP contribution in [0.3, 0.4) is 0 Å². The normalized spacial score (nSPS) is 20.8. The van der Waals surface area contributed by atoms with Gasteiger partial charge in [-0.25, -0.2) is 0 Å². The van der Waals surface area contributed by atoms with Crippen LogP contribution in [0.25, 0.3) is 0 Å². The van der Waals surface area contributed by atoms with E-state index in [0.717, 1.165) is 19.6 Å². The topological polar surface area (TPSA) is 16.3 Å². The average Bonchev–Trinajstić information content (AvgIpc) is 3.09. The number of aryl methyl sites for hydroxylation is 1. The molecular weight excluding hydrogens is 236 g/mol. The van der Waals surface area contributed by atoms with Gasteiger partial charge < -0.3 is 18.9 Å². The van der Waals surface area contributed by atoms with Crippen LogP contribution in [0.1, 0.15) is 11.4 Å². The summed E-state index contributed by atoms with van der Waals surface area (Å²) in [5, 5.41) is 0. The summed E-state index contributed by atoms with van der Waals surface area (Å²) in [6, 6.07) is 8.66. The lowest BCUT2D eigenvalue weighted by atomic mass is 10.2. The Morgan fingerprint density at radius 3 is 2.89 bits per heavy atom. The highest BCUT2D eigenvalue weighted by atomic mass is 15.4. The van der Waals surface area contributed by atoms with E-state index in [2.05, 4.69) is 75.0 Å². The van der Waals surface area contributed by atoms with Crippen LogP contribution >= 0.6 is 0 Å². The Labute approximate surface area is 113 Å². The highest BCUT2D eigenvalue weighted by Crippen LogP contribution is 2.27. The first kappa shape index (κ1) is 10.8. The van der Waals surface area contributed by atoms with Crippen LogP contribution in [0.2, 0.25) is 0 Å². The molecule has 1 unspecified atom stereocenters. The minimum absolute atomic E-state index is 0.454. The average molecular weight is 254 g/mol. The summed E-state index contributed by atoms with van der Waals surface area (Å²) in [4.78, 5) is 4.86. The number of aromatic nitrogens is 2. The number of fused-ring (bicyclic) bond motifs is 2. The second-order valence-electron chi connectivity index (χ2n) is 5.39. The van der Waals surface area contributed by atoms with E-state index >= 15 is 0 Å². The third-order valence-corrected chi connectivity index (χ3v) is 4.24. The second-order valence-corrected chi connectivity index (χ2v) is 5.39. The van der Waals surface area contributed by atoms with Crippen LogP contribution in [0.15, 0.2) is 49.1 Å². The van der Waals surface area contributed by atoms with E-state index in [0.29, 0.717) is 6.17 Å². The van der Waals surface area contributed by atoms with Crippen molar-refractivity contribution in [2.75, 3.05) is 0 Å². The van der Waals surface area contributed by atoms with Gasteiger partial charge in [0.2, 0.25) is 0 Å². The van der Waals surface area contributed by atoms with Crippen molar-refractivity contribution in [3.63, 3.8) is 0 Å². The van der Waals surface area contributed by atoms with Gasteiger partial charge in [0.1, 0.15) is 6.17 Å². The lowest BCUT2D eigenvalue weighted by Gasteiger charge is -2.37. The molecule has 4 heteroatoms. The summed E-state index contributed by atoms with van der Waals surface area (Å²) < 4.78 is 4.56. The maximum Gasteiger partial charge on any atom is 0.120 e. The molecule has 2 aromatic heterocycles. The minimum atomic E-state index is 0.454. The van der Waals surface area contributed by atoms with Gasteiger partial charge >= 0.3 is 0 Å². The molecule has 4 heterocycles. The molecule has 0 aliphatic carbocycles. The number of hydrogen-bond acceptors (Lipinski definition) is 2. The van der Waals surface area contributed by atoms with E-state index in [-0.39, 0.29) is 0 Å². The summed E-state index contributed by atoms with van der Waals surface area (Å²) in [7, 11) is 2.11. The molecule has 2 aromatic rings. The van der Waals surface area contributed by atoms with Crippen molar-refractivity contribution in [2.24, 2.45) is 7.05 Å². The molecule has 0 bridgehead atoms. The first-order valence-corrected chi connectivity index (χ1v) is 6.75. The molecule has 0 saturated heterocycles. The molecule has 0 fully saturated rings. The van der Waals surface area contributed by atoms with Gasteiger partial charge in [-0.15, -0.1) is 0 Å². The third kappa shape index (κ3) is 1.67. The SMILES string of the molecule is Cn1cccc1CN1C=CN2Cc3cccn3CC12. The van der Waals surface area contributed by atoms with Crippen LogP contribution < -0.4 is 0 Å². The van der Waals surface area contributed by atoms with Crippen molar-refractivity contribution in [3.05, 3.63) is 60.4 Å². The van der Waals surface area contributed by atoms with Crippen molar-refractivity contribution < 1.29 is 0 Å². The third-order valence-electron chi connectivity index (χ3n) is 4.24. The van der Waals surface area contributed by atoms with Crippen LogP contribution in [-0.2, 0) is 26.7 Å². The zero-order valence-corrected chi connectivity index (χ0v) is 11.1. The Kier molecular flexibility index (Phi) is 2.24. The van der Waals surface area contributed by atoms with E-state index in [1.807, 2.05) is 0 Å². The number of nitrogens with zero attached hydrogens (tertiary/aromatic N) is 4. The van der Waals surface area contributed by atoms with Crippen LogP contribution in [0, 0.1) is 0 Å². The minimum Gasteiger partial charge on any atom is -0.353 e. The fraction of sp³-hybridized carbons (Fsp3) is 0.333. The van der Waals surface area contributed by atoms with Crippen molar-refractivity contribution >= 4 is 0 Å². The highest BCUT2D eigenvalue weighted by molar-refractivity contribution is 5.15. The molecule has 98 valence electrons. The van der Waals surface area contributed by atoms with E-state index in [1.54, 1.807) is 0 Å². The molecule has 0 spiro atoms. The lowest BCUT2D eigenvalue weighted by Crippen LogP contribution is -2.44. The van der Waals surface area contributed by atoms with Gasteiger partial charge in [-0.2, -0.15) is 0 Å².